The van der Waals surface area contributed by atoms with Gasteiger partial charge in [-0.25, -0.2) is 17.5 Å². The van der Waals surface area contributed by atoms with E-state index in [0.29, 0.717) is 6.54 Å². The first-order valence-electron chi connectivity index (χ1n) is 5.83. The molecule has 7 heteroatoms. The maximum absolute atomic E-state index is 13.4. The molecule has 0 unspecified atom stereocenters. The summed E-state index contributed by atoms with van der Waals surface area (Å²) in [5, 5.41) is 8.85. The molecule has 0 aliphatic rings. The third-order valence-electron chi connectivity index (χ3n) is 2.70. The van der Waals surface area contributed by atoms with E-state index in [1.165, 1.54) is 12.1 Å². The fraction of sp³-hybridized carbons (Fsp3) is 0.154. The Bertz CT molecular complexity index is 733. The van der Waals surface area contributed by atoms with Crippen LogP contribution in [-0.2, 0) is 16.6 Å². The van der Waals surface area contributed by atoms with Crippen LogP contribution in [0.15, 0.2) is 47.6 Å². The molecule has 1 heterocycles. The van der Waals surface area contributed by atoms with Crippen molar-refractivity contribution in [1.82, 2.24) is 9.29 Å². The molecule has 2 rings (SSSR count). The lowest BCUT2D eigenvalue weighted by molar-refractivity contribution is 0.569. The van der Waals surface area contributed by atoms with Crippen LogP contribution in [0.3, 0.4) is 0 Å². The summed E-state index contributed by atoms with van der Waals surface area (Å²) in [7, 11) is -3.90. The van der Waals surface area contributed by atoms with Gasteiger partial charge in [0.25, 0.3) is 0 Å². The summed E-state index contributed by atoms with van der Waals surface area (Å²) in [5.74, 6) is -0.846. The number of rotatable bonds is 5. The first-order chi connectivity index (χ1) is 9.54. The van der Waals surface area contributed by atoms with Crippen LogP contribution < -0.4 is 4.72 Å². The topological polar surface area (TPSA) is 74.9 Å². The van der Waals surface area contributed by atoms with Crippen LogP contribution in [0.25, 0.3) is 0 Å². The minimum atomic E-state index is -3.90. The number of sulfonamides is 1. The zero-order valence-corrected chi connectivity index (χ0v) is 11.3. The lowest BCUT2D eigenvalue weighted by atomic mass is 10.2. The standard InChI is InChI=1S/C13H12FN3O2S/c14-12-4-3-5-13(11(12)10-15)20(18,19)16-6-9-17-7-1-2-8-17/h1-5,7-8,16H,6,9H2. The van der Waals surface area contributed by atoms with Crippen molar-refractivity contribution < 1.29 is 12.8 Å². The second-order valence-corrected chi connectivity index (χ2v) is 5.78. The van der Waals surface area contributed by atoms with Gasteiger partial charge in [0, 0.05) is 25.5 Å². The minimum Gasteiger partial charge on any atom is -0.353 e. The minimum absolute atomic E-state index is 0.151. The molecule has 0 atom stereocenters. The first-order valence-corrected chi connectivity index (χ1v) is 7.32. The van der Waals surface area contributed by atoms with E-state index in [1.54, 1.807) is 23.0 Å². The normalized spacial score (nSPS) is 11.2. The summed E-state index contributed by atoms with van der Waals surface area (Å²) in [5.41, 5.74) is -0.471. The third-order valence-corrected chi connectivity index (χ3v) is 4.21. The van der Waals surface area contributed by atoms with E-state index < -0.39 is 21.4 Å². The molecule has 0 fully saturated rings. The van der Waals surface area contributed by atoms with Gasteiger partial charge in [-0.2, -0.15) is 5.26 Å². The summed E-state index contributed by atoms with van der Waals surface area (Å²) >= 11 is 0. The van der Waals surface area contributed by atoms with Crippen molar-refractivity contribution in [1.29, 1.82) is 5.26 Å². The van der Waals surface area contributed by atoms with Crippen LogP contribution in [0.2, 0.25) is 0 Å². The highest BCUT2D eigenvalue weighted by Crippen LogP contribution is 2.17. The Morgan fingerprint density at radius 2 is 1.95 bits per heavy atom. The number of benzene rings is 1. The summed E-state index contributed by atoms with van der Waals surface area (Å²) < 4.78 is 41.7. The summed E-state index contributed by atoms with van der Waals surface area (Å²) in [6.45, 7) is 0.599. The summed E-state index contributed by atoms with van der Waals surface area (Å²) in [6.07, 6.45) is 3.61. The molecule has 1 N–H and O–H groups in total. The highest BCUT2D eigenvalue weighted by atomic mass is 32.2. The number of nitriles is 1. The Morgan fingerprint density at radius 3 is 2.60 bits per heavy atom. The van der Waals surface area contributed by atoms with Gasteiger partial charge in [-0.3, -0.25) is 0 Å². The van der Waals surface area contributed by atoms with E-state index in [2.05, 4.69) is 4.72 Å². The molecule has 20 heavy (non-hydrogen) atoms. The number of hydrogen-bond acceptors (Lipinski definition) is 3. The highest BCUT2D eigenvalue weighted by Gasteiger charge is 2.20. The molecule has 0 bridgehead atoms. The van der Waals surface area contributed by atoms with Crippen LogP contribution in [0, 0.1) is 17.1 Å². The molecule has 0 amide bonds. The molecule has 0 spiro atoms. The lowest BCUT2D eigenvalue weighted by Gasteiger charge is -2.09. The zero-order valence-electron chi connectivity index (χ0n) is 10.5. The van der Waals surface area contributed by atoms with E-state index in [0.717, 1.165) is 6.07 Å². The Balaban J connectivity index is 2.15. The number of nitrogens with zero attached hydrogens (tertiary/aromatic N) is 2. The van der Waals surface area contributed by atoms with E-state index in [-0.39, 0.29) is 11.4 Å². The number of halogens is 1. The lowest BCUT2D eigenvalue weighted by Crippen LogP contribution is -2.28. The maximum Gasteiger partial charge on any atom is 0.242 e. The summed E-state index contributed by atoms with van der Waals surface area (Å²) in [6, 6.07) is 8.75. The van der Waals surface area contributed by atoms with Gasteiger partial charge in [0.1, 0.15) is 22.3 Å². The largest absolute Gasteiger partial charge is 0.353 e. The van der Waals surface area contributed by atoms with Gasteiger partial charge in [-0.1, -0.05) is 6.07 Å². The molecule has 1 aromatic heterocycles. The molecule has 0 aliphatic carbocycles. The molecule has 5 nitrogen and oxygen atoms in total. The highest BCUT2D eigenvalue weighted by molar-refractivity contribution is 7.89. The van der Waals surface area contributed by atoms with Crippen LogP contribution in [0.4, 0.5) is 4.39 Å². The van der Waals surface area contributed by atoms with Crippen molar-refractivity contribution in [3.05, 3.63) is 54.1 Å². The second-order valence-electron chi connectivity index (χ2n) is 4.04. The van der Waals surface area contributed by atoms with E-state index in [1.807, 2.05) is 12.1 Å². The van der Waals surface area contributed by atoms with Gasteiger partial charge < -0.3 is 4.57 Å². The van der Waals surface area contributed by atoms with Gasteiger partial charge in [0.15, 0.2) is 0 Å². The summed E-state index contributed by atoms with van der Waals surface area (Å²) in [4.78, 5) is -0.340. The Labute approximate surface area is 116 Å². The third kappa shape index (κ3) is 3.04. The van der Waals surface area contributed by atoms with Gasteiger partial charge in [-0.05, 0) is 24.3 Å². The van der Waals surface area contributed by atoms with Crippen molar-refractivity contribution in [3.8, 4) is 6.07 Å². The van der Waals surface area contributed by atoms with Crippen LogP contribution >= 0.6 is 0 Å². The van der Waals surface area contributed by atoms with E-state index >= 15 is 0 Å². The van der Waals surface area contributed by atoms with Gasteiger partial charge in [0.2, 0.25) is 10.0 Å². The van der Waals surface area contributed by atoms with Crippen molar-refractivity contribution in [3.63, 3.8) is 0 Å². The van der Waals surface area contributed by atoms with Crippen molar-refractivity contribution in [2.75, 3.05) is 6.54 Å². The molecular formula is C13H12FN3O2S. The van der Waals surface area contributed by atoms with Crippen molar-refractivity contribution in [2.45, 2.75) is 11.4 Å². The predicted octanol–water partition coefficient (Wildman–Crippen LogP) is 1.48. The number of aromatic nitrogens is 1. The number of nitrogens with one attached hydrogen (secondary N) is 1. The molecule has 0 aliphatic heterocycles. The fourth-order valence-corrected chi connectivity index (χ4v) is 2.93. The van der Waals surface area contributed by atoms with Crippen LogP contribution in [-0.4, -0.2) is 19.5 Å². The Kier molecular flexibility index (Phi) is 4.17. The van der Waals surface area contributed by atoms with Crippen LogP contribution in [0.5, 0.6) is 0 Å². The number of hydrogen-bond donors (Lipinski definition) is 1. The SMILES string of the molecule is N#Cc1c(F)cccc1S(=O)(=O)NCCn1cccc1. The average molecular weight is 293 g/mol. The van der Waals surface area contributed by atoms with E-state index in [9.17, 15) is 12.8 Å². The predicted molar refractivity (Wildman–Crippen MR) is 70.7 cm³/mol. The molecule has 0 saturated carbocycles. The molecular weight excluding hydrogens is 281 g/mol. The fourth-order valence-electron chi connectivity index (χ4n) is 1.74. The Hall–Kier alpha value is -2.17. The maximum atomic E-state index is 13.4. The molecule has 104 valence electrons. The zero-order chi connectivity index (χ0) is 14.6. The first kappa shape index (κ1) is 14.2. The van der Waals surface area contributed by atoms with Gasteiger partial charge in [0.05, 0.1) is 0 Å². The van der Waals surface area contributed by atoms with Gasteiger partial charge >= 0.3 is 0 Å². The monoisotopic (exact) mass is 293 g/mol. The van der Waals surface area contributed by atoms with Crippen molar-refractivity contribution in [2.24, 2.45) is 0 Å². The average Bonchev–Trinajstić information content (AvgIpc) is 2.91. The molecule has 1 aromatic carbocycles. The van der Waals surface area contributed by atoms with Gasteiger partial charge in [-0.15, -0.1) is 0 Å². The van der Waals surface area contributed by atoms with Crippen molar-refractivity contribution >= 4 is 10.0 Å². The molecule has 0 radical (unpaired) electrons. The van der Waals surface area contributed by atoms with Crippen LogP contribution in [0.1, 0.15) is 5.56 Å². The molecule has 2 aromatic rings. The molecule has 0 saturated heterocycles. The quantitative estimate of drug-likeness (QED) is 0.907. The smallest absolute Gasteiger partial charge is 0.242 e. The second kappa shape index (κ2) is 5.86. The Morgan fingerprint density at radius 1 is 1.25 bits per heavy atom. The van der Waals surface area contributed by atoms with E-state index in [4.69, 9.17) is 5.26 Å².